The summed E-state index contributed by atoms with van der Waals surface area (Å²) < 4.78 is 2.90. The molecule has 16 heavy (non-hydrogen) atoms. The second-order valence-electron chi connectivity index (χ2n) is 7.07. The van der Waals surface area contributed by atoms with Gasteiger partial charge in [-0.1, -0.05) is 32.2 Å². The highest BCUT2D eigenvalue weighted by atomic mass is 28.3. The summed E-state index contributed by atoms with van der Waals surface area (Å²) in [6, 6.07) is 1.52. The minimum Gasteiger partial charge on any atom is -0.323 e. The summed E-state index contributed by atoms with van der Waals surface area (Å²) in [6.07, 6.45) is 7.93. The zero-order valence-electron chi connectivity index (χ0n) is 10.9. The Morgan fingerprint density at radius 2 is 2.06 bits per heavy atom. The lowest BCUT2D eigenvalue weighted by Crippen LogP contribution is -2.46. The van der Waals surface area contributed by atoms with Crippen LogP contribution in [-0.2, 0) is 0 Å². The van der Waals surface area contributed by atoms with Gasteiger partial charge in [-0.2, -0.15) is 0 Å². The molecule has 0 aromatic rings. The van der Waals surface area contributed by atoms with Crippen LogP contribution < -0.4 is 0 Å². The first-order valence-electron chi connectivity index (χ1n) is 6.98. The SMILES string of the molecule is CC1CN(CC2CC3C=CC2C3)[Si](C)(C)C1. The van der Waals surface area contributed by atoms with Gasteiger partial charge in [0.25, 0.3) is 0 Å². The third-order valence-electron chi connectivity index (χ3n) is 5.11. The molecule has 3 aliphatic rings. The maximum atomic E-state index is 2.90. The van der Waals surface area contributed by atoms with Crippen molar-refractivity contribution in [3.63, 3.8) is 0 Å². The zero-order valence-corrected chi connectivity index (χ0v) is 11.9. The second kappa shape index (κ2) is 3.71. The van der Waals surface area contributed by atoms with E-state index in [0.717, 1.165) is 23.7 Å². The number of fused-ring (bicyclic) bond motifs is 2. The quantitative estimate of drug-likeness (QED) is 0.524. The van der Waals surface area contributed by atoms with E-state index in [9.17, 15) is 0 Å². The van der Waals surface area contributed by atoms with Gasteiger partial charge in [-0.15, -0.1) is 0 Å². The highest BCUT2D eigenvalue weighted by molar-refractivity contribution is 6.75. The molecule has 0 aromatic carbocycles. The van der Waals surface area contributed by atoms with Crippen LogP contribution in [0.15, 0.2) is 12.2 Å². The third kappa shape index (κ3) is 1.80. The summed E-state index contributed by atoms with van der Waals surface area (Å²) in [4.78, 5) is 0. The Bertz CT molecular complexity index is 310. The van der Waals surface area contributed by atoms with Crippen LogP contribution in [0.4, 0.5) is 0 Å². The molecule has 2 heteroatoms. The normalized spacial score (nSPS) is 45.7. The van der Waals surface area contributed by atoms with Crippen molar-refractivity contribution in [2.75, 3.05) is 13.1 Å². The van der Waals surface area contributed by atoms with Gasteiger partial charge in [-0.05, 0) is 55.6 Å². The van der Waals surface area contributed by atoms with Crippen LogP contribution in [0.25, 0.3) is 0 Å². The molecule has 90 valence electrons. The monoisotopic (exact) mass is 235 g/mol. The summed E-state index contributed by atoms with van der Waals surface area (Å²) in [7, 11) is -1.02. The van der Waals surface area contributed by atoms with Gasteiger partial charge in [0.2, 0.25) is 0 Å². The van der Waals surface area contributed by atoms with Crippen LogP contribution in [0, 0.1) is 23.7 Å². The average Bonchev–Trinajstić information content (AvgIpc) is 2.81. The van der Waals surface area contributed by atoms with Crippen molar-refractivity contribution in [1.82, 2.24) is 4.57 Å². The van der Waals surface area contributed by atoms with E-state index in [2.05, 4.69) is 36.7 Å². The molecule has 3 rings (SSSR count). The van der Waals surface area contributed by atoms with Gasteiger partial charge in [-0.25, -0.2) is 0 Å². The molecule has 2 aliphatic carbocycles. The minimum absolute atomic E-state index is 0.936. The van der Waals surface area contributed by atoms with Crippen molar-refractivity contribution in [2.24, 2.45) is 23.7 Å². The zero-order chi connectivity index (χ0) is 11.3. The van der Waals surface area contributed by atoms with Crippen LogP contribution in [0.1, 0.15) is 19.8 Å². The van der Waals surface area contributed by atoms with Crippen LogP contribution in [0.3, 0.4) is 0 Å². The lowest BCUT2D eigenvalue weighted by atomic mass is 9.93. The molecule has 4 atom stereocenters. The molecule has 2 bridgehead atoms. The van der Waals surface area contributed by atoms with E-state index in [-0.39, 0.29) is 0 Å². The van der Waals surface area contributed by atoms with Gasteiger partial charge in [0.15, 0.2) is 0 Å². The number of hydrogen-bond acceptors (Lipinski definition) is 1. The molecule has 0 N–H and O–H groups in total. The van der Waals surface area contributed by atoms with Crippen molar-refractivity contribution in [1.29, 1.82) is 0 Å². The predicted octanol–water partition coefficient (Wildman–Crippen LogP) is 3.36. The molecule has 2 fully saturated rings. The average molecular weight is 235 g/mol. The van der Waals surface area contributed by atoms with Crippen molar-refractivity contribution in [2.45, 2.75) is 38.9 Å². The molecule has 0 amide bonds. The molecule has 1 saturated heterocycles. The molecule has 1 heterocycles. The van der Waals surface area contributed by atoms with Crippen LogP contribution in [0.2, 0.25) is 19.1 Å². The Morgan fingerprint density at radius 3 is 2.56 bits per heavy atom. The van der Waals surface area contributed by atoms with Gasteiger partial charge < -0.3 is 4.57 Å². The van der Waals surface area contributed by atoms with Crippen molar-refractivity contribution in [3.05, 3.63) is 12.2 Å². The lowest BCUT2D eigenvalue weighted by Gasteiger charge is -2.33. The van der Waals surface area contributed by atoms with Crippen LogP contribution in [-0.4, -0.2) is 25.9 Å². The van der Waals surface area contributed by atoms with Gasteiger partial charge in [-0.3, -0.25) is 0 Å². The van der Waals surface area contributed by atoms with E-state index in [1.807, 2.05) is 0 Å². The highest BCUT2D eigenvalue weighted by Gasteiger charge is 2.42. The smallest absolute Gasteiger partial charge is 0.122 e. The molecule has 0 spiro atoms. The molecule has 0 radical (unpaired) electrons. The van der Waals surface area contributed by atoms with E-state index >= 15 is 0 Å². The highest BCUT2D eigenvalue weighted by Crippen LogP contribution is 2.45. The van der Waals surface area contributed by atoms with E-state index < -0.39 is 8.24 Å². The second-order valence-corrected chi connectivity index (χ2v) is 11.7. The van der Waals surface area contributed by atoms with Gasteiger partial charge in [0.1, 0.15) is 8.24 Å². The lowest BCUT2D eigenvalue weighted by molar-refractivity contribution is 0.310. The summed E-state index contributed by atoms with van der Waals surface area (Å²) in [5.41, 5.74) is 0. The van der Waals surface area contributed by atoms with Crippen molar-refractivity contribution >= 4 is 8.24 Å². The van der Waals surface area contributed by atoms with Crippen LogP contribution in [0.5, 0.6) is 0 Å². The Morgan fingerprint density at radius 1 is 1.25 bits per heavy atom. The van der Waals surface area contributed by atoms with Crippen LogP contribution >= 0.6 is 0 Å². The fourth-order valence-electron chi connectivity index (χ4n) is 4.38. The fraction of sp³-hybridized carbons (Fsp3) is 0.857. The first-order valence-corrected chi connectivity index (χ1v) is 10.1. The molecule has 1 nitrogen and oxygen atoms in total. The van der Waals surface area contributed by atoms with E-state index in [4.69, 9.17) is 0 Å². The maximum Gasteiger partial charge on any atom is 0.122 e. The summed E-state index contributed by atoms with van der Waals surface area (Å²) >= 11 is 0. The summed E-state index contributed by atoms with van der Waals surface area (Å²) in [5, 5.41) is 0. The summed E-state index contributed by atoms with van der Waals surface area (Å²) in [6.45, 7) is 10.4. The molecule has 1 saturated carbocycles. The maximum absolute atomic E-state index is 2.90. The standard InChI is InChI=1S/C14H25NSi/c1-11-8-15(16(2,3)10-11)9-14-7-12-4-5-13(14)6-12/h4-5,11-14H,6-10H2,1-3H3. The van der Waals surface area contributed by atoms with Gasteiger partial charge in [0, 0.05) is 0 Å². The topological polar surface area (TPSA) is 3.24 Å². The Hall–Kier alpha value is -0.0831. The predicted molar refractivity (Wildman–Crippen MR) is 71.9 cm³/mol. The van der Waals surface area contributed by atoms with Gasteiger partial charge >= 0.3 is 0 Å². The number of nitrogens with zero attached hydrogens (tertiary/aromatic N) is 1. The molecule has 0 aromatic heterocycles. The van der Waals surface area contributed by atoms with Gasteiger partial charge in [0.05, 0.1) is 0 Å². The first kappa shape index (κ1) is 11.0. The fourth-order valence-corrected chi connectivity index (χ4v) is 8.01. The van der Waals surface area contributed by atoms with E-state index in [0.29, 0.717) is 0 Å². The van der Waals surface area contributed by atoms with Crippen molar-refractivity contribution < 1.29 is 0 Å². The van der Waals surface area contributed by atoms with E-state index in [1.54, 1.807) is 0 Å². The Labute approximate surface area is 101 Å². The Balaban J connectivity index is 1.65. The number of rotatable bonds is 2. The first-order chi connectivity index (χ1) is 7.54. The third-order valence-corrected chi connectivity index (χ3v) is 8.88. The van der Waals surface area contributed by atoms with E-state index in [1.165, 1.54) is 32.0 Å². The van der Waals surface area contributed by atoms with Crippen molar-refractivity contribution in [3.8, 4) is 0 Å². The molecule has 1 aliphatic heterocycles. The Kier molecular flexibility index (Phi) is 2.56. The number of hydrogen-bond donors (Lipinski definition) is 0. The minimum atomic E-state index is -1.02. The largest absolute Gasteiger partial charge is 0.323 e. The molecule has 4 unspecified atom stereocenters. The molecular weight excluding hydrogens is 210 g/mol. The summed E-state index contributed by atoms with van der Waals surface area (Å²) in [5.74, 6) is 3.83. The number of allylic oxidation sites excluding steroid dienone is 2. The molecular formula is C14H25NSi.